The van der Waals surface area contributed by atoms with Crippen molar-refractivity contribution in [1.29, 1.82) is 0 Å². The Morgan fingerprint density at radius 2 is 1.70 bits per heavy atom. The number of sulfonamides is 1. The first-order chi connectivity index (χ1) is 14.1. The molecule has 1 amide bonds. The molecule has 0 heterocycles. The molecule has 0 atom stereocenters. The van der Waals surface area contributed by atoms with E-state index in [4.69, 9.17) is 9.47 Å². The number of hydrogen-bond acceptors (Lipinski definition) is 5. The summed E-state index contributed by atoms with van der Waals surface area (Å²) in [4.78, 5) is 12.4. The first-order valence-corrected chi connectivity index (χ1v) is 11.2. The number of rotatable bonds is 10. The summed E-state index contributed by atoms with van der Waals surface area (Å²) < 4.78 is 37.5. The second-order valence-electron chi connectivity index (χ2n) is 7.80. The van der Waals surface area contributed by atoms with Crippen LogP contribution in [0.4, 0.5) is 0 Å². The molecular formula is C22H30N2O5S. The number of benzene rings is 2. The van der Waals surface area contributed by atoms with E-state index in [-0.39, 0.29) is 34.9 Å². The summed E-state index contributed by atoms with van der Waals surface area (Å²) >= 11 is 0. The third-order valence-electron chi connectivity index (χ3n) is 4.38. The lowest BCUT2D eigenvalue weighted by Crippen LogP contribution is -2.29. The molecule has 0 aliphatic heterocycles. The van der Waals surface area contributed by atoms with Crippen LogP contribution in [0.1, 0.15) is 36.7 Å². The van der Waals surface area contributed by atoms with Crippen molar-refractivity contribution in [1.82, 2.24) is 10.0 Å². The molecule has 0 aliphatic rings. The molecule has 2 N–H and O–H groups in total. The standard InChI is InChI=1S/C22H30N2O5S/c1-22(2,3)18-8-10-19(11-9-18)29-15-12-23-21(25)17-6-5-7-20(16-17)30(26,27)24-13-14-28-4/h5-11,16,24H,12-15H2,1-4H3,(H,23,25). The van der Waals surface area contributed by atoms with Crippen LogP contribution >= 0.6 is 0 Å². The van der Waals surface area contributed by atoms with Gasteiger partial charge in [-0.3, -0.25) is 4.79 Å². The van der Waals surface area contributed by atoms with E-state index in [9.17, 15) is 13.2 Å². The fourth-order valence-corrected chi connectivity index (χ4v) is 3.71. The Labute approximate surface area is 178 Å². The molecule has 0 fully saturated rings. The molecule has 0 aromatic heterocycles. The van der Waals surface area contributed by atoms with Crippen LogP contribution in [0.15, 0.2) is 53.4 Å². The van der Waals surface area contributed by atoms with Crippen molar-refractivity contribution in [2.75, 3.05) is 33.4 Å². The van der Waals surface area contributed by atoms with Crippen molar-refractivity contribution >= 4 is 15.9 Å². The van der Waals surface area contributed by atoms with Gasteiger partial charge in [0.2, 0.25) is 10.0 Å². The zero-order chi connectivity index (χ0) is 22.2. The maximum atomic E-state index is 12.3. The molecule has 0 aliphatic carbocycles. The normalized spacial score (nSPS) is 11.9. The van der Waals surface area contributed by atoms with Gasteiger partial charge in [-0.2, -0.15) is 0 Å². The van der Waals surface area contributed by atoms with Crippen LogP contribution in [-0.4, -0.2) is 47.7 Å². The summed E-state index contributed by atoms with van der Waals surface area (Å²) in [6.07, 6.45) is 0. The van der Waals surface area contributed by atoms with Crippen LogP contribution in [0.2, 0.25) is 0 Å². The van der Waals surface area contributed by atoms with Gasteiger partial charge in [0.1, 0.15) is 12.4 Å². The van der Waals surface area contributed by atoms with Crippen LogP contribution in [0.5, 0.6) is 5.75 Å². The van der Waals surface area contributed by atoms with Gasteiger partial charge in [0, 0.05) is 19.2 Å². The molecule has 2 aromatic rings. The Hall–Kier alpha value is -2.42. The van der Waals surface area contributed by atoms with Gasteiger partial charge in [-0.05, 0) is 41.3 Å². The summed E-state index contributed by atoms with van der Waals surface area (Å²) in [5.74, 6) is 0.364. The molecule has 30 heavy (non-hydrogen) atoms. The highest BCUT2D eigenvalue weighted by molar-refractivity contribution is 7.89. The monoisotopic (exact) mass is 434 g/mol. The third kappa shape index (κ3) is 7.12. The fraction of sp³-hybridized carbons (Fsp3) is 0.409. The molecule has 0 bridgehead atoms. The van der Waals surface area contributed by atoms with E-state index in [2.05, 4.69) is 30.8 Å². The highest BCUT2D eigenvalue weighted by Gasteiger charge is 2.16. The van der Waals surface area contributed by atoms with Crippen molar-refractivity contribution in [2.24, 2.45) is 0 Å². The van der Waals surface area contributed by atoms with E-state index in [0.717, 1.165) is 5.75 Å². The Balaban J connectivity index is 1.86. The lowest BCUT2D eigenvalue weighted by Gasteiger charge is -2.19. The van der Waals surface area contributed by atoms with Gasteiger partial charge < -0.3 is 14.8 Å². The Kier molecular flexibility index (Phi) is 8.40. The number of methoxy groups -OCH3 is 1. The van der Waals surface area contributed by atoms with Crippen LogP contribution in [0, 0.1) is 0 Å². The number of hydrogen-bond donors (Lipinski definition) is 2. The summed E-state index contributed by atoms with van der Waals surface area (Å²) in [6, 6.07) is 13.8. The Bertz CT molecular complexity index is 935. The molecule has 8 heteroatoms. The predicted octanol–water partition coefficient (Wildman–Crippen LogP) is 2.72. The van der Waals surface area contributed by atoms with Gasteiger partial charge in [0.25, 0.3) is 5.91 Å². The van der Waals surface area contributed by atoms with Gasteiger partial charge in [0.15, 0.2) is 0 Å². The van der Waals surface area contributed by atoms with Gasteiger partial charge in [-0.1, -0.05) is 39.0 Å². The minimum atomic E-state index is -3.70. The number of amides is 1. The van der Waals surface area contributed by atoms with Crippen LogP contribution in [-0.2, 0) is 20.2 Å². The Morgan fingerprint density at radius 3 is 2.33 bits per heavy atom. The number of carbonyl (C=O) groups is 1. The van der Waals surface area contributed by atoms with Gasteiger partial charge in [0.05, 0.1) is 18.0 Å². The lowest BCUT2D eigenvalue weighted by atomic mass is 9.87. The molecule has 0 saturated heterocycles. The summed E-state index contributed by atoms with van der Waals surface area (Å²) in [5.41, 5.74) is 1.56. The lowest BCUT2D eigenvalue weighted by molar-refractivity contribution is 0.0946. The van der Waals surface area contributed by atoms with Gasteiger partial charge in [-0.15, -0.1) is 0 Å². The zero-order valence-electron chi connectivity index (χ0n) is 17.9. The third-order valence-corrected chi connectivity index (χ3v) is 5.84. The van der Waals surface area contributed by atoms with Crippen LogP contribution < -0.4 is 14.8 Å². The van der Waals surface area contributed by atoms with Gasteiger partial charge in [-0.25, -0.2) is 13.1 Å². The van der Waals surface area contributed by atoms with Crippen molar-refractivity contribution in [3.8, 4) is 5.75 Å². The maximum Gasteiger partial charge on any atom is 0.251 e. The van der Waals surface area contributed by atoms with Crippen molar-refractivity contribution in [3.05, 3.63) is 59.7 Å². The topological polar surface area (TPSA) is 93.7 Å². The van der Waals surface area contributed by atoms with E-state index in [1.54, 1.807) is 6.07 Å². The predicted molar refractivity (Wildman–Crippen MR) is 116 cm³/mol. The quantitative estimate of drug-likeness (QED) is 0.561. The minimum absolute atomic E-state index is 0.0291. The second-order valence-corrected chi connectivity index (χ2v) is 9.56. The van der Waals surface area contributed by atoms with Crippen molar-refractivity contribution in [2.45, 2.75) is 31.1 Å². The first kappa shape index (κ1) is 23.9. The van der Waals surface area contributed by atoms with E-state index < -0.39 is 10.0 Å². The fourth-order valence-electron chi connectivity index (χ4n) is 2.65. The first-order valence-electron chi connectivity index (χ1n) is 9.74. The molecule has 0 unspecified atom stereocenters. The smallest absolute Gasteiger partial charge is 0.251 e. The molecule has 7 nitrogen and oxygen atoms in total. The summed E-state index contributed by atoms with van der Waals surface area (Å²) in [7, 11) is -2.21. The number of carbonyl (C=O) groups excluding carboxylic acids is 1. The largest absolute Gasteiger partial charge is 0.492 e. The second kappa shape index (κ2) is 10.6. The maximum absolute atomic E-state index is 12.3. The van der Waals surface area contributed by atoms with Gasteiger partial charge >= 0.3 is 0 Å². The van der Waals surface area contributed by atoms with Crippen molar-refractivity contribution in [3.63, 3.8) is 0 Å². The number of ether oxygens (including phenoxy) is 2. The van der Waals surface area contributed by atoms with E-state index >= 15 is 0 Å². The molecule has 0 radical (unpaired) electrons. The summed E-state index contributed by atoms with van der Waals surface area (Å²) in [6.45, 7) is 7.46. The van der Waals surface area contributed by atoms with Crippen molar-refractivity contribution < 1.29 is 22.7 Å². The molecule has 0 spiro atoms. The van der Waals surface area contributed by atoms with Crippen LogP contribution in [0.25, 0.3) is 0 Å². The number of nitrogens with one attached hydrogen (secondary N) is 2. The average Bonchev–Trinajstić information content (AvgIpc) is 2.71. The van der Waals surface area contributed by atoms with E-state index in [1.807, 2.05) is 24.3 Å². The molecule has 0 saturated carbocycles. The molecule has 2 rings (SSSR count). The van der Waals surface area contributed by atoms with E-state index in [0.29, 0.717) is 13.2 Å². The molecule has 2 aromatic carbocycles. The molecule has 164 valence electrons. The average molecular weight is 435 g/mol. The highest BCUT2D eigenvalue weighted by Crippen LogP contribution is 2.24. The zero-order valence-corrected chi connectivity index (χ0v) is 18.7. The SMILES string of the molecule is COCCNS(=O)(=O)c1cccc(C(=O)NCCOc2ccc(C(C)(C)C)cc2)c1. The highest BCUT2D eigenvalue weighted by atomic mass is 32.2. The Morgan fingerprint density at radius 1 is 1.00 bits per heavy atom. The minimum Gasteiger partial charge on any atom is -0.492 e. The summed E-state index contributed by atoms with van der Waals surface area (Å²) in [5, 5.41) is 2.74. The van der Waals surface area contributed by atoms with E-state index in [1.165, 1.54) is 30.9 Å². The molecular weight excluding hydrogens is 404 g/mol. The van der Waals surface area contributed by atoms with Crippen LogP contribution in [0.3, 0.4) is 0 Å².